The zero-order valence-electron chi connectivity index (χ0n) is 11.5. The number of hydrogen-bond acceptors (Lipinski definition) is 3. The molecule has 0 N–H and O–H groups in total. The van der Waals surface area contributed by atoms with Crippen LogP contribution in [0.2, 0.25) is 0 Å². The van der Waals surface area contributed by atoms with Crippen LogP contribution in [-0.4, -0.2) is 11.9 Å². The molecular formula is C17H16O3. The van der Waals surface area contributed by atoms with Gasteiger partial charge in [-0.25, -0.2) is 9.59 Å². The van der Waals surface area contributed by atoms with Gasteiger partial charge >= 0.3 is 11.9 Å². The molecule has 0 saturated heterocycles. The third kappa shape index (κ3) is 3.12. The van der Waals surface area contributed by atoms with E-state index in [1.54, 1.807) is 12.1 Å². The third-order valence-electron chi connectivity index (χ3n) is 3.00. The van der Waals surface area contributed by atoms with Crippen molar-refractivity contribution in [2.24, 2.45) is 0 Å². The van der Waals surface area contributed by atoms with E-state index in [2.05, 4.69) is 4.74 Å². The molecule has 0 radical (unpaired) electrons. The molecule has 0 fully saturated rings. The topological polar surface area (TPSA) is 43.4 Å². The molecular weight excluding hydrogens is 252 g/mol. The van der Waals surface area contributed by atoms with E-state index in [9.17, 15) is 9.59 Å². The molecule has 3 rings (SSSR count). The molecule has 0 bridgehead atoms. The van der Waals surface area contributed by atoms with Crippen molar-refractivity contribution in [1.29, 1.82) is 0 Å². The Morgan fingerprint density at radius 3 is 1.80 bits per heavy atom. The van der Waals surface area contributed by atoms with Gasteiger partial charge in [-0.15, -0.1) is 0 Å². The van der Waals surface area contributed by atoms with Crippen molar-refractivity contribution in [2.45, 2.75) is 19.8 Å². The Bertz CT molecular complexity index is 589. The highest BCUT2D eigenvalue weighted by molar-refractivity contribution is 6.14. The summed E-state index contributed by atoms with van der Waals surface area (Å²) in [6, 6.07) is 17.2. The van der Waals surface area contributed by atoms with Crippen molar-refractivity contribution < 1.29 is 14.3 Å². The Kier molecular flexibility index (Phi) is 4.31. The SMILES string of the molecule is CC(C)c1ccc2c(c1)C(=O)OC2=O.c1ccccc1. The summed E-state index contributed by atoms with van der Waals surface area (Å²) in [7, 11) is 0. The second kappa shape index (κ2) is 6.15. The van der Waals surface area contributed by atoms with E-state index in [0.29, 0.717) is 17.0 Å². The predicted molar refractivity (Wildman–Crippen MR) is 76.7 cm³/mol. The van der Waals surface area contributed by atoms with E-state index < -0.39 is 11.9 Å². The molecule has 0 spiro atoms. The Balaban J connectivity index is 0.000000205. The molecule has 20 heavy (non-hydrogen) atoms. The molecule has 1 aliphatic rings. The number of cyclic esters (lactones) is 2. The molecule has 102 valence electrons. The van der Waals surface area contributed by atoms with Crippen molar-refractivity contribution in [3.8, 4) is 0 Å². The first kappa shape index (κ1) is 14.0. The lowest BCUT2D eigenvalue weighted by Gasteiger charge is -2.04. The Labute approximate surface area is 118 Å². The van der Waals surface area contributed by atoms with Crippen LogP contribution in [0.5, 0.6) is 0 Å². The summed E-state index contributed by atoms with van der Waals surface area (Å²) in [4.78, 5) is 22.3. The van der Waals surface area contributed by atoms with Gasteiger partial charge in [-0.3, -0.25) is 0 Å². The third-order valence-corrected chi connectivity index (χ3v) is 3.00. The number of ether oxygens (including phenoxy) is 1. The number of fused-ring (bicyclic) bond motifs is 1. The van der Waals surface area contributed by atoms with Crippen LogP contribution >= 0.6 is 0 Å². The molecule has 3 heteroatoms. The number of esters is 2. The lowest BCUT2D eigenvalue weighted by molar-refractivity contribution is 0.0444. The minimum Gasteiger partial charge on any atom is -0.386 e. The second-order valence-corrected chi connectivity index (χ2v) is 4.79. The highest BCUT2D eigenvalue weighted by Crippen LogP contribution is 2.24. The van der Waals surface area contributed by atoms with Crippen molar-refractivity contribution in [3.05, 3.63) is 71.3 Å². The molecule has 2 aromatic rings. The van der Waals surface area contributed by atoms with Gasteiger partial charge in [0, 0.05) is 0 Å². The lowest BCUT2D eigenvalue weighted by Crippen LogP contribution is -1.97. The van der Waals surface area contributed by atoms with Gasteiger partial charge in [-0.05, 0) is 23.6 Å². The van der Waals surface area contributed by atoms with Gasteiger partial charge in [-0.2, -0.15) is 0 Å². The summed E-state index contributed by atoms with van der Waals surface area (Å²) in [6.45, 7) is 4.06. The fourth-order valence-electron chi connectivity index (χ4n) is 1.85. The first-order chi connectivity index (χ1) is 9.59. The smallest absolute Gasteiger partial charge is 0.346 e. The van der Waals surface area contributed by atoms with Gasteiger partial charge in [-0.1, -0.05) is 56.3 Å². The average molecular weight is 268 g/mol. The minimum absolute atomic E-state index is 0.337. The number of carbonyl (C=O) groups is 2. The number of carbonyl (C=O) groups excluding carboxylic acids is 2. The predicted octanol–water partition coefficient (Wildman–Crippen LogP) is 3.81. The summed E-state index contributed by atoms with van der Waals surface area (Å²) in [5.74, 6) is -0.739. The molecule has 0 aliphatic carbocycles. The molecule has 0 saturated carbocycles. The van der Waals surface area contributed by atoms with Crippen LogP contribution in [0.15, 0.2) is 54.6 Å². The fraction of sp³-hybridized carbons (Fsp3) is 0.176. The van der Waals surface area contributed by atoms with E-state index in [-0.39, 0.29) is 0 Å². The van der Waals surface area contributed by atoms with Crippen molar-refractivity contribution in [2.75, 3.05) is 0 Å². The normalized spacial score (nSPS) is 12.6. The number of benzene rings is 2. The molecule has 0 aromatic heterocycles. The summed E-state index contributed by atoms with van der Waals surface area (Å²) < 4.78 is 4.49. The Hall–Kier alpha value is -2.42. The highest BCUT2D eigenvalue weighted by atomic mass is 16.6. The summed E-state index contributed by atoms with van der Waals surface area (Å²) in [6.07, 6.45) is 0. The van der Waals surface area contributed by atoms with Crippen LogP contribution in [0.1, 0.15) is 46.0 Å². The first-order valence-corrected chi connectivity index (χ1v) is 6.50. The fourth-order valence-corrected chi connectivity index (χ4v) is 1.85. The van der Waals surface area contributed by atoms with Gasteiger partial charge in [0.05, 0.1) is 11.1 Å². The van der Waals surface area contributed by atoms with Gasteiger partial charge < -0.3 is 4.74 Å². The molecule has 3 nitrogen and oxygen atoms in total. The van der Waals surface area contributed by atoms with E-state index >= 15 is 0 Å². The van der Waals surface area contributed by atoms with Gasteiger partial charge in [0.1, 0.15) is 0 Å². The van der Waals surface area contributed by atoms with E-state index in [0.717, 1.165) is 5.56 Å². The lowest BCUT2D eigenvalue weighted by atomic mass is 9.98. The van der Waals surface area contributed by atoms with E-state index in [4.69, 9.17) is 0 Å². The Morgan fingerprint density at radius 1 is 0.800 bits per heavy atom. The standard InChI is InChI=1S/C11H10O3.C6H6/c1-6(2)7-3-4-8-9(5-7)11(13)14-10(8)12;1-2-4-6-5-3-1/h3-6H,1-2H3;1-6H. The zero-order chi connectivity index (χ0) is 14.5. The van der Waals surface area contributed by atoms with Crippen LogP contribution in [0.4, 0.5) is 0 Å². The van der Waals surface area contributed by atoms with Crippen molar-refractivity contribution in [1.82, 2.24) is 0 Å². The molecule has 1 heterocycles. The maximum absolute atomic E-state index is 11.2. The number of rotatable bonds is 1. The van der Waals surface area contributed by atoms with Crippen LogP contribution in [0.25, 0.3) is 0 Å². The largest absolute Gasteiger partial charge is 0.386 e. The van der Waals surface area contributed by atoms with E-state index in [1.165, 1.54) is 0 Å². The second-order valence-electron chi connectivity index (χ2n) is 4.79. The van der Waals surface area contributed by atoms with Crippen molar-refractivity contribution in [3.63, 3.8) is 0 Å². The van der Waals surface area contributed by atoms with E-state index in [1.807, 2.05) is 56.3 Å². The van der Waals surface area contributed by atoms with Crippen LogP contribution in [0, 0.1) is 0 Å². The maximum atomic E-state index is 11.2. The number of hydrogen-bond donors (Lipinski definition) is 0. The molecule has 0 amide bonds. The Morgan fingerprint density at radius 2 is 1.30 bits per heavy atom. The minimum atomic E-state index is -0.541. The average Bonchev–Trinajstić information content (AvgIpc) is 2.76. The van der Waals surface area contributed by atoms with Crippen LogP contribution in [0.3, 0.4) is 0 Å². The maximum Gasteiger partial charge on any atom is 0.346 e. The molecule has 2 aromatic carbocycles. The van der Waals surface area contributed by atoms with Gasteiger partial charge in [0.15, 0.2) is 0 Å². The van der Waals surface area contributed by atoms with Crippen molar-refractivity contribution >= 4 is 11.9 Å². The zero-order valence-corrected chi connectivity index (χ0v) is 11.5. The summed E-state index contributed by atoms with van der Waals surface area (Å²) >= 11 is 0. The van der Waals surface area contributed by atoms with Gasteiger partial charge in [0.25, 0.3) is 0 Å². The first-order valence-electron chi connectivity index (χ1n) is 6.50. The molecule has 0 atom stereocenters. The van der Waals surface area contributed by atoms with Crippen LogP contribution in [-0.2, 0) is 4.74 Å². The van der Waals surface area contributed by atoms with Crippen LogP contribution < -0.4 is 0 Å². The molecule has 0 unspecified atom stereocenters. The summed E-state index contributed by atoms with van der Waals surface area (Å²) in [5.41, 5.74) is 1.80. The monoisotopic (exact) mass is 268 g/mol. The quantitative estimate of drug-likeness (QED) is 0.583. The van der Waals surface area contributed by atoms with Gasteiger partial charge in [0.2, 0.25) is 0 Å². The highest BCUT2D eigenvalue weighted by Gasteiger charge is 2.29. The summed E-state index contributed by atoms with van der Waals surface area (Å²) in [5, 5.41) is 0. The molecule has 1 aliphatic heterocycles.